The molecule has 3 nitrogen and oxygen atoms in total. The van der Waals surface area contributed by atoms with E-state index in [2.05, 4.69) is 67.3 Å². The maximum atomic E-state index is 12.6. The molecule has 1 heterocycles. The van der Waals surface area contributed by atoms with E-state index in [4.69, 9.17) is 0 Å². The number of likely N-dealkylation sites (N-methyl/N-ethyl adjacent to an activating group) is 1. The van der Waals surface area contributed by atoms with Gasteiger partial charge < -0.3 is 4.90 Å². The number of amides is 1. The number of nitrogens with zero attached hydrogens (tertiary/aromatic N) is 2. The van der Waals surface area contributed by atoms with E-state index in [1.807, 2.05) is 18.0 Å². The fraction of sp³-hybridized carbons (Fsp3) is 0.348. The van der Waals surface area contributed by atoms with Crippen LogP contribution in [0.2, 0.25) is 0 Å². The Kier molecular flexibility index (Phi) is 5.89. The third kappa shape index (κ3) is 4.61. The van der Waals surface area contributed by atoms with Crippen molar-refractivity contribution < 1.29 is 4.79 Å². The largest absolute Gasteiger partial charge is 0.338 e. The number of aryl methyl sites for hydroxylation is 2. The highest BCUT2D eigenvalue weighted by atomic mass is 16.2. The van der Waals surface area contributed by atoms with Crippen LogP contribution in [0.25, 0.3) is 5.57 Å². The standard InChI is InChI=1S/C23H28N2O/c1-18-9-10-22(19(2)15-18)16-24(3)17-23(26)25-13-11-21(12-14-25)20-7-5-4-6-8-20/h4-11,15H,12-14,16-17H2,1-3H3. The zero-order valence-corrected chi connectivity index (χ0v) is 16.0. The molecule has 0 aliphatic carbocycles. The third-order valence-corrected chi connectivity index (χ3v) is 5.05. The molecule has 2 aromatic carbocycles. The Hall–Kier alpha value is -2.39. The normalized spacial score (nSPS) is 14.5. The Morgan fingerprint density at radius 2 is 1.88 bits per heavy atom. The minimum Gasteiger partial charge on any atom is -0.338 e. The van der Waals surface area contributed by atoms with E-state index in [9.17, 15) is 4.79 Å². The van der Waals surface area contributed by atoms with Gasteiger partial charge in [-0.1, -0.05) is 60.2 Å². The van der Waals surface area contributed by atoms with Crippen molar-refractivity contribution in [2.75, 3.05) is 26.7 Å². The van der Waals surface area contributed by atoms with E-state index >= 15 is 0 Å². The zero-order valence-electron chi connectivity index (χ0n) is 16.0. The molecule has 0 N–H and O–H groups in total. The maximum absolute atomic E-state index is 12.6. The zero-order chi connectivity index (χ0) is 18.5. The summed E-state index contributed by atoms with van der Waals surface area (Å²) in [5.74, 6) is 0.209. The van der Waals surface area contributed by atoms with Crippen LogP contribution < -0.4 is 0 Å². The summed E-state index contributed by atoms with van der Waals surface area (Å²) in [5, 5.41) is 0. The van der Waals surface area contributed by atoms with Gasteiger partial charge in [-0.05, 0) is 49.6 Å². The van der Waals surface area contributed by atoms with Crippen LogP contribution in [0.1, 0.15) is 28.7 Å². The van der Waals surface area contributed by atoms with Crippen molar-refractivity contribution in [2.24, 2.45) is 0 Å². The molecule has 0 saturated carbocycles. The van der Waals surface area contributed by atoms with Gasteiger partial charge in [0.2, 0.25) is 5.91 Å². The molecule has 1 aliphatic heterocycles. The third-order valence-electron chi connectivity index (χ3n) is 5.05. The van der Waals surface area contributed by atoms with Crippen molar-refractivity contribution in [1.82, 2.24) is 9.80 Å². The van der Waals surface area contributed by atoms with Crippen LogP contribution >= 0.6 is 0 Å². The van der Waals surface area contributed by atoms with E-state index in [0.717, 1.165) is 19.5 Å². The first-order chi connectivity index (χ1) is 12.5. The van der Waals surface area contributed by atoms with Crippen molar-refractivity contribution in [3.8, 4) is 0 Å². The predicted molar refractivity (Wildman–Crippen MR) is 108 cm³/mol. The lowest BCUT2D eigenvalue weighted by Gasteiger charge is -2.28. The second kappa shape index (κ2) is 8.33. The summed E-state index contributed by atoms with van der Waals surface area (Å²) in [4.78, 5) is 16.7. The first-order valence-electron chi connectivity index (χ1n) is 9.30. The fourth-order valence-corrected chi connectivity index (χ4v) is 3.51. The summed E-state index contributed by atoms with van der Waals surface area (Å²) in [6.07, 6.45) is 3.12. The summed E-state index contributed by atoms with van der Waals surface area (Å²) >= 11 is 0. The number of rotatable bonds is 5. The molecule has 0 aromatic heterocycles. The molecule has 0 radical (unpaired) electrons. The minimum absolute atomic E-state index is 0.209. The topological polar surface area (TPSA) is 23.6 Å². The van der Waals surface area contributed by atoms with Crippen molar-refractivity contribution in [3.63, 3.8) is 0 Å². The van der Waals surface area contributed by atoms with Gasteiger partial charge in [0.05, 0.1) is 6.54 Å². The van der Waals surface area contributed by atoms with Crippen LogP contribution in [0.3, 0.4) is 0 Å². The Bertz CT molecular complexity index is 795. The summed E-state index contributed by atoms with van der Waals surface area (Å²) < 4.78 is 0. The van der Waals surface area contributed by atoms with Gasteiger partial charge in [0.25, 0.3) is 0 Å². The van der Waals surface area contributed by atoms with E-state index < -0.39 is 0 Å². The van der Waals surface area contributed by atoms with Crippen molar-refractivity contribution >= 4 is 11.5 Å². The van der Waals surface area contributed by atoms with Gasteiger partial charge >= 0.3 is 0 Å². The van der Waals surface area contributed by atoms with Crippen molar-refractivity contribution in [3.05, 3.63) is 76.9 Å². The molecule has 26 heavy (non-hydrogen) atoms. The highest BCUT2D eigenvalue weighted by Gasteiger charge is 2.19. The number of hydrogen-bond acceptors (Lipinski definition) is 2. The molecule has 0 saturated heterocycles. The van der Waals surface area contributed by atoms with Crippen LogP contribution in [0.5, 0.6) is 0 Å². The molecule has 2 aromatic rings. The molecule has 0 unspecified atom stereocenters. The second-order valence-electron chi connectivity index (χ2n) is 7.29. The highest BCUT2D eigenvalue weighted by Crippen LogP contribution is 2.22. The minimum atomic E-state index is 0.209. The average Bonchev–Trinajstić information content (AvgIpc) is 2.65. The highest BCUT2D eigenvalue weighted by molar-refractivity contribution is 5.80. The molecule has 3 heteroatoms. The van der Waals surface area contributed by atoms with Crippen LogP contribution in [0.4, 0.5) is 0 Å². The average molecular weight is 348 g/mol. The molecule has 1 amide bonds. The molecule has 136 valence electrons. The van der Waals surface area contributed by atoms with Crippen LogP contribution in [-0.2, 0) is 11.3 Å². The summed E-state index contributed by atoms with van der Waals surface area (Å²) in [6.45, 7) is 7.02. The number of benzene rings is 2. The molecule has 0 atom stereocenters. The van der Waals surface area contributed by atoms with Gasteiger partial charge in [-0.25, -0.2) is 0 Å². The van der Waals surface area contributed by atoms with Crippen LogP contribution in [0, 0.1) is 13.8 Å². The fourth-order valence-electron chi connectivity index (χ4n) is 3.51. The lowest BCUT2D eigenvalue weighted by Crippen LogP contribution is -2.40. The molecule has 0 spiro atoms. The van der Waals surface area contributed by atoms with Gasteiger partial charge in [-0.2, -0.15) is 0 Å². The predicted octanol–water partition coefficient (Wildman–Crippen LogP) is 4.05. The first-order valence-corrected chi connectivity index (χ1v) is 9.30. The van der Waals surface area contributed by atoms with E-state index in [1.165, 1.54) is 27.8 Å². The molecular weight excluding hydrogens is 320 g/mol. The second-order valence-corrected chi connectivity index (χ2v) is 7.29. The van der Waals surface area contributed by atoms with Crippen LogP contribution in [0.15, 0.2) is 54.6 Å². The molecular formula is C23H28N2O. The monoisotopic (exact) mass is 348 g/mol. The van der Waals surface area contributed by atoms with Gasteiger partial charge in [0.1, 0.15) is 0 Å². The van der Waals surface area contributed by atoms with Crippen molar-refractivity contribution in [1.29, 1.82) is 0 Å². The molecule has 0 fully saturated rings. The SMILES string of the molecule is Cc1ccc(CN(C)CC(=O)N2CC=C(c3ccccc3)CC2)c(C)c1. The van der Waals surface area contributed by atoms with Crippen LogP contribution in [-0.4, -0.2) is 42.4 Å². The number of carbonyl (C=O) groups excluding carboxylic acids is 1. The van der Waals surface area contributed by atoms with Gasteiger partial charge in [0, 0.05) is 19.6 Å². The van der Waals surface area contributed by atoms with E-state index in [0.29, 0.717) is 13.1 Å². The molecule has 0 bridgehead atoms. The van der Waals surface area contributed by atoms with Crippen molar-refractivity contribution in [2.45, 2.75) is 26.8 Å². The van der Waals surface area contributed by atoms with E-state index in [1.54, 1.807) is 0 Å². The molecule has 1 aliphatic rings. The summed E-state index contributed by atoms with van der Waals surface area (Å²) in [6, 6.07) is 17.0. The van der Waals surface area contributed by atoms with Gasteiger partial charge in [0.15, 0.2) is 0 Å². The Morgan fingerprint density at radius 3 is 2.54 bits per heavy atom. The Labute approximate surface area is 156 Å². The maximum Gasteiger partial charge on any atom is 0.237 e. The smallest absolute Gasteiger partial charge is 0.237 e. The van der Waals surface area contributed by atoms with Gasteiger partial charge in [-0.15, -0.1) is 0 Å². The summed E-state index contributed by atoms with van der Waals surface area (Å²) in [5.41, 5.74) is 6.47. The Balaban J connectivity index is 1.54. The lowest BCUT2D eigenvalue weighted by atomic mass is 9.99. The van der Waals surface area contributed by atoms with Gasteiger partial charge in [-0.3, -0.25) is 9.69 Å². The quantitative estimate of drug-likeness (QED) is 0.814. The molecule has 3 rings (SSSR count). The van der Waals surface area contributed by atoms with E-state index in [-0.39, 0.29) is 5.91 Å². The summed E-state index contributed by atoms with van der Waals surface area (Å²) in [7, 11) is 2.02. The number of carbonyl (C=O) groups is 1. The Morgan fingerprint density at radius 1 is 1.12 bits per heavy atom. The first kappa shape index (κ1) is 18.4. The lowest BCUT2D eigenvalue weighted by molar-refractivity contribution is -0.131. The number of hydrogen-bond donors (Lipinski definition) is 0.